The van der Waals surface area contributed by atoms with Gasteiger partial charge in [-0.1, -0.05) is 91.0 Å². The topological polar surface area (TPSA) is 55.8 Å². The Labute approximate surface area is 217 Å². The van der Waals surface area contributed by atoms with Gasteiger partial charge in [0.05, 0.1) is 5.69 Å². The number of benzene rings is 3. The van der Waals surface area contributed by atoms with Crippen molar-refractivity contribution in [3.05, 3.63) is 108 Å². The van der Waals surface area contributed by atoms with Crippen molar-refractivity contribution in [2.24, 2.45) is 17.8 Å². The third kappa shape index (κ3) is 3.76. The Morgan fingerprint density at radius 2 is 1.62 bits per heavy atom. The summed E-state index contributed by atoms with van der Waals surface area (Å²) in [6.45, 7) is 6.03. The largest absolute Gasteiger partial charge is 0.452 e. The maximum Gasteiger partial charge on any atom is 0.414 e. The van der Waals surface area contributed by atoms with Gasteiger partial charge in [-0.2, -0.15) is 0 Å². The van der Waals surface area contributed by atoms with E-state index in [-0.39, 0.29) is 35.7 Å². The maximum absolute atomic E-state index is 13.4. The van der Waals surface area contributed by atoms with Crippen molar-refractivity contribution in [2.45, 2.75) is 37.9 Å². The van der Waals surface area contributed by atoms with Gasteiger partial charge in [-0.25, -0.2) is 4.79 Å². The summed E-state index contributed by atoms with van der Waals surface area (Å²) in [6.07, 6.45) is 3.96. The predicted molar refractivity (Wildman–Crippen MR) is 143 cm³/mol. The molecule has 1 amide bonds. The Hall–Kier alpha value is -3.86. The van der Waals surface area contributed by atoms with Crippen LogP contribution in [0, 0.1) is 17.8 Å². The van der Waals surface area contributed by atoms with Gasteiger partial charge in [0.15, 0.2) is 5.60 Å². The number of carbonyl (C=O) groups is 2. The molecule has 1 spiro atoms. The average Bonchev–Trinajstić information content (AvgIpc) is 3.11. The third-order valence-electron chi connectivity index (χ3n) is 7.88. The number of amides is 1. The molecule has 6 rings (SSSR count). The van der Waals surface area contributed by atoms with Crippen molar-refractivity contribution in [3.63, 3.8) is 0 Å². The minimum absolute atomic E-state index is 0.0302. The van der Waals surface area contributed by atoms with Crippen molar-refractivity contribution in [3.8, 4) is 0 Å². The summed E-state index contributed by atoms with van der Waals surface area (Å²) in [5, 5.41) is 0. The lowest BCUT2D eigenvalue weighted by Gasteiger charge is -2.52. The summed E-state index contributed by atoms with van der Waals surface area (Å²) in [7, 11) is 0. The van der Waals surface area contributed by atoms with E-state index in [4.69, 9.17) is 9.47 Å². The van der Waals surface area contributed by atoms with Crippen molar-refractivity contribution in [2.75, 3.05) is 11.4 Å². The van der Waals surface area contributed by atoms with E-state index in [9.17, 15) is 9.59 Å². The van der Waals surface area contributed by atoms with Crippen LogP contribution in [0.2, 0.25) is 0 Å². The minimum Gasteiger partial charge on any atom is -0.452 e. The Morgan fingerprint density at radius 1 is 0.973 bits per heavy atom. The van der Waals surface area contributed by atoms with Crippen molar-refractivity contribution < 1.29 is 19.1 Å². The van der Waals surface area contributed by atoms with E-state index >= 15 is 0 Å². The lowest BCUT2D eigenvalue weighted by atomic mass is 9.69. The Balaban J connectivity index is 1.50. The number of ether oxygens (including phenoxy) is 2. The number of anilines is 1. The number of carbonyl (C=O) groups excluding carboxylic acids is 2. The number of nitrogens with zero attached hydrogens (tertiary/aromatic N) is 1. The van der Waals surface area contributed by atoms with Crippen LogP contribution in [-0.2, 0) is 19.9 Å². The molecule has 5 atom stereocenters. The van der Waals surface area contributed by atoms with Gasteiger partial charge in [-0.05, 0) is 43.9 Å². The number of para-hydroxylation sites is 1. The zero-order chi connectivity index (χ0) is 25.8. The van der Waals surface area contributed by atoms with Crippen LogP contribution in [0.4, 0.5) is 10.5 Å². The normalized spacial score (nSPS) is 28.1. The first kappa shape index (κ1) is 23.5. The summed E-state index contributed by atoms with van der Waals surface area (Å²) in [5.41, 5.74) is 2.44. The van der Waals surface area contributed by atoms with Crippen LogP contribution in [0.15, 0.2) is 91.0 Å². The number of hydrogen-bond acceptors (Lipinski definition) is 4. The Morgan fingerprint density at radius 3 is 2.30 bits per heavy atom. The van der Waals surface area contributed by atoms with Crippen LogP contribution in [-0.4, -0.2) is 24.2 Å². The van der Waals surface area contributed by atoms with Crippen LogP contribution in [0.1, 0.15) is 43.4 Å². The fourth-order valence-electron chi connectivity index (χ4n) is 6.52. The SMILES string of the molecule is CC(C)(C)OC(=O)N1CC2C(/C=C/c3ccccc3)C(c3ccccc3)C3C(=O)OC23c2ccccc21. The van der Waals surface area contributed by atoms with Gasteiger partial charge in [0.2, 0.25) is 0 Å². The highest BCUT2D eigenvalue weighted by Crippen LogP contribution is 2.68. The zero-order valence-electron chi connectivity index (χ0n) is 21.3. The quantitative estimate of drug-likeness (QED) is 0.388. The second-order valence-electron chi connectivity index (χ2n) is 11.2. The smallest absolute Gasteiger partial charge is 0.414 e. The second-order valence-corrected chi connectivity index (χ2v) is 11.2. The standard InChI is InChI=1S/C32H31NO4/c1-31(2,3)37-30(35)33-20-25-23(19-18-21-12-6-4-7-13-21)27(22-14-8-5-9-15-22)28-29(34)36-32(25,28)24-16-10-11-17-26(24)33/h4-19,23,25,27-28H,20H2,1-3H3/b19-18+. The van der Waals surface area contributed by atoms with Gasteiger partial charge in [-0.3, -0.25) is 9.69 Å². The molecule has 5 nitrogen and oxygen atoms in total. The van der Waals surface area contributed by atoms with E-state index in [1.807, 2.05) is 81.4 Å². The number of esters is 1. The summed E-state index contributed by atoms with van der Waals surface area (Å²) in [6, 6.07) is 28.2. The molecule has 1 saturated heterocycles. The van der Waals surface area contributed by atoms with Crippen LogP contribution in [0.25, 0.3) is 6.08 Å². The maximum atomic E-state index is 13.4. The molecule has 3 aromatic carbocycles. The lowest BCUT2D eigenvalue weighted by molar-refractivity contribution is -0.221. The molecule has 5 unspecified atom stereocenters. The first-order chi connectivity index (χ1) is 17.8. The Kier molecular flexibility index (Phi) is 5.48. The van der Waals surface area contributed by atoms with Crippen LogP contribution >= 0.6 is 0 Å². The average molecular weight is 494 g/mol. The summed E-state index contributed by atoms with van der Waals surface area (Å²) < 4.78 is 12.0. The summed E-state index contributed by atoms with van der Waals surface area (Å²) in [4.78, 5) is 28.4. The summed E-state index contributed by atoms with van der Waals surface area (Å²) in [5.74, 6) is -0.721. The van der Waals surface area contributed by atoms with E-state index in [1.165, 1.54) is 0 Å². The Bertz CT molecular complexity index is 1360. The van der Waals surface area contributed by atoms with Crippen molar-refractivity contribution >= 4 is 23.8 Å². The van der Waals surface area contributed by atoms with Gasteiger partial charge in [0.1, 0.15) is 11.5 Å². The van der Waals surface area contributed by atoms with Crippen LogP contribution in [0.5, 0.6) is 0 Å². The van der Waals surface area contributed by atoms with E-state index in [0.717, 1.165) is 22.4 Å². The first-order valence-corrected chi connectivity index (χ1v) is 12.9. The van der Waals surface area contributed by atoms with E-state index in [0.29, 0.717) is 6.54 Å². The molecule has 5 heteroatoms. The lowest BCUT2D eigenvalue weighted by Crippen LogP contribution is -2.61. The predicted octanol–water partition coefficient (Wildman–Crippen LogP) is 6.55. The molecule has 0 radical (unpaired) electrons. The van der Waals surface area contributed by atoms with E-state index < -0.39 is 11.2 Å². The molecular weight excluding hydrogens is 462 g/mol. The fourth-order valence-corrected chi connectivity index (χ4v) is 6.52. The van der Waals surface area contributed by atoms with Gasteiger partial charge >= 0.3 is 12.1 Å². The molecule has 2 fully saturated rings. The monoisotopic (exact) mass is 493 g/mol. The highest BCUT2D eigenvalue weighted by Gasteiger charge is 2.74. The van der Waals surface area contributed by atoms with Gasteiger partial charge < -0.3 is 9.47 Å². The molecular formula is C32H31NO4. The fraction of sp³-hybridized carbons (Fsp3) is 0.312. The molecule has 2 aliphatic heterocycles. The highest BCUT2D eigenvalue weighted by molar-refractivity contribution is 5.93. The number of fused-ring (bicyclic) bond motifs is 1. The molecule has 1 aliphatic carbocycles. The number of hydrogen-bond donors (Lipinski definition) is 0. The summed E-state index contributed by atoms with van der Waals surface area (Å²) >= 11 is 0. The molecule has 2 heterocycles. The number of allylic oxidation sites excluding steroid dienone is 1. The molecule has 37 heavy (non-hydrogen) atoms. The third-order valence-corrected chi connectivity index (χ3v) is 7.88. The second kappa shape index (κ2) is 8.62. The molecule has 0 N–H and O–H groups in total. The number of rotatable bonds is 3. The van der Waals surface area contributed by atoms with Crippen molar-refractivity contribution in [1.29, 1.82) is 0 Å². The van der Waals surface area contributed by atoms with Crippen LogP contribution in [0.3, 0.4) is 0 Å². The van der Waals surface area contributed by atoms with Gasteiger partial charge in [0.25, 0.3) is 0 Å². The minimum atomic E-state index is -0.779. The molecule has 0 bridgehead atoms. The molecule has 3 aromatic rings. The molecule has 3 aliphatic rings. The van der Waals surface area contributed by atoms with Crippen LogP contribution < -0.4 is 4.90 Å². The van der Waals surface area contributed by atoms with Gasteiger partial charge in [0, 0.05) is 23.9 Å². The highest BCUT2D eigenvalue weighted by atomic mass is 16.6. The first-order valence-electron chi connectivity index (χ1n) is 12.9. The van der Waals surface area contributed by atoms with Gasteiger partial charge in [-0.15, -0.1) is 0 Å². The molecule has 0 aromatic heterocycles. The molecule has 1 saturated carbocycles. The molecule has 188 valence electrons. The van der Waals surface area contributed by atoms with Crippen molar-refractivity contribution in [1.82, 2.24) is 0 Å². The van der Waals surface area contributed by atoms with E-state index in [1.54, 1.807) is 4.90 Å². The zero-order valence-corrected chi connectivity index (χ0v) is 21.3. The van der Waals surface area contributed by atoms with E-state index in [2.05, 4.69) is 36.4 Å².